The molecule has 8 nitrogen and oxygen atoms in total. The predicted octanol–water partition coefficient (Wildman–Crippen LogP) is 2.87. The summed E-state index contributed by atoms with van der Waals surface area (Å²) in [5.41, 5.74) is -0.424. The molecule has 5 aliphatic rings. The van der Waals surface area contributed by atoms with E-state index in [9.17, 15) is 18.0 Å². The lowest BCUT2D eigenvalue weighted by Crippen LogP contribution is -2.63. The van der Waals surface area contributed by atoms with Crippen LogP contribution in [0.5, 0.6) is 0 Å². The molecule has 0 spiro atoms. The van der Waals surface area contributed by atoms with Crippen molar-refractivity contribution in [3.05, 3.63) is 28.2 Å². The Morgan fingerprint density at radius 1 is 1.15 bits per heavy atom. The minimum atomic E-state index is -4.00. The fourth-order valence-electron chi connectivity index (χ4n) is 6.84. The van der Waals surface area contributed by atoms with E-state index in [0.717, 1.165) is 19.3 Å². The monoisotopic (exact) mass is 530 g/mol. The molecule has 11 heteroatoms. The van der Waals surface area contributed by atoms with Gasteiger partial charge in [0.15, 0.2) is 0 Å². The SMILES string of the molecule is COC(=O)C12CC3CC(C1)C(NC(=O)C1CN(S(=O)(=O)c4c(Cl)cccc4Cl)CCO1)C(C3)C2. The van der Waals surface area contributed by atoms with E-state index in [1.165, 1.54) is 23.5 Å². The Morgan fingerprint density at radius 3 is 2.41 bits per heavy atom. The molecule has 186 valence electrons. The molecule has 5 fully saturated rings. The zero-order chi connectivity index (χ0) is 24.3. The fourth-order valence-corrected chi connectivity index (χ4v) is 9.36. The molecule has 0 aromatic heterocycles. The van der Waals surface area contributed by atoms with Crippen molar-refractivity contribution in [1.82, 2.24) is 9.62 Å². The Morgan fingerprint density at radius 2 is 1.79 bits per heavy atom. The summed E-state index contributed by atoms with van der Waals surface area (Å²) in [5.74, 6) is 0.442. The van der Waals surface area contributed by atoms with Gasteiger partial charge in [0.25, 0.3) is 5.91 Å². The number of rotatable bonds is 5. The second kappa shape index (κ2) is 8.92. The highest BCUT2D eigenvalue weighted by atomic mass is 35.5. The quantitative estimate of drug-likeness (QED) is 0.587. The number of carbonyl (C=O) groups is 2. The second-order valence-electron chi connectivity index (χ2n) is 10.0. The van der Waals surface area contributed by atoms with Crippen LogP contribution in [0.2, 0.25) is 10.0 Å². The van der Waals surface area contributed by atoms with Gasteiger partial charge in [-0.25, -0.2) is 8.42 Å². The van der Waals surface area contributed by atoms with Gasteiger partial charge < -0.3 is 14.8 Å². The number of carbonyl (C=O) groups excluding carboxylic acids is 2. The third-order valence-corrected chi connectivity index (χ3v) is 10.9. The number of amides is 1. The van der Waals surface area contributed by atoms with Crippen molar-refractivity contribution in [2.45, 2.75) is 49.1 Å². The summed E-state index contributed by atoms with van der Waals surface area (Å²) in [6.07, 6.45) is 3.34. The van der Waals surface area contributed by atoms with Gasteiger partial charge in [0.2, 0.25) is 10.0 Å². The maximum Gasteiger partial charge on any atom is 0.311 e. The third-order valence-electron chi connectivity index (χ3n) is 8.04. The summed E-state index contributed by atoms with van der Waals surface area (Å²) in [6.45, 7) is 0.0720. The van der Waals surface area contributed by atoms with Crippen LogP contribution in [-0.4, -0.2) is 63.6 Å². The number of nitrogens with one attached hydrogen (secondary N) is 1. The molecule has 4 aliphatic carbocycles. The third kappa shape index (κ3) is 4.03. The van der Waals surface area contributed by atoms with Crippen LogP contribution in [0.4, 0.5) is 0 Å². The van der Waals surface area contributed by atoms with Crippen molar-refractivity contribution < 1.29 is 27.5 Å². The Labute approximate surface area is 209 Å². The molecule has 3 atom stereocenters. The standard InChI is InChI=1S/C23H28Cl2N2O6S/c1-32-22(29)23-9-13-7-14(10-23)19(15(8-13)11-23)26-21(28)18-12-27(5-6-33-18)34(30,31)20-16(24)3-2-4-17(20)25/h2-4,13-15,18-19H,5-12H2,1H3,(H,26,28). The predicted molar refractivity (Wildman–Crippen MR) is 125 cm³/mol. The first kappa shape index (κ1) is 24.3. The molecule has 34 heavy (non-hydrogen) atoms. The molecule has 1 heterocycles. The maximum absolute atomic E-state index is 13.2. The topological polar surface area (TPSA) is 102 Å². The minimum absolute atomic E-state index is 0.0353. The largest absolute Gasteiger partial charge is 0.469 e. The number of morpholine rings is 1. The summed E-state index contributed by atoms with van der Waals surface area (Å²) in [5, 5.41) is 3.22. The first-order chi connectivity index (χ1) is 16.1. The van der Waals surface area contributed by atoms with Gasteiger partial charge in [0.1, 0.15) is 11.0 Å². The number of hydrogen-bond donors (Lipinski definition) is 1. The molecule has 4 bridgehead atoms. The highest BCUT2D eigenvalue weighted by Crippen LogP contribution is 2.60. The number of ether oxygens (including phenoxy) is 2. The van der Waals surface area contributed by atoms with Crippen LogP contribution in [0, 0.1) is 23.2 Å². The minimum Gasteiger partial charge on any atom is -0.469 e. The van der Waals surface area contributed by atoms with Crippen LogP contribution < -0.4 is 5.32 Å². The summed E-state index contributed by atoms with van der Waals surface area (Å²) in [4.78, 5) is 25.6. The molecule has 1 aromatic carbocycles. The van der Waals surface area contributed by atoms with E-state index >= 15 is 0 Å². The highest BCUT2D eigenvalue weighted by molar-refractivity contribution is 7.89. The molecule has 4 saturated carbocycles. The van der Waals surface area contributed by atoms with E-state index < -0.39 is 21.5 Å². The number of sulfonamides is 1. The number of hydrogen-bond acceptors (Lipinski definition) is 6. The molecule has 1 amide bonds. The molecule has 1 aliphatic heterocycles. The maximum atomic E-state index is 13.2. The van der Waals surface area contributed by atoms with Crippen LogP contribution in [0.15, 0.2) is 23.1 Å². The molecule has 0 radical (unpaired) electrons. The molecule has 3 unspecified atom stereocenters. The van der Waals surface area contributed by atoms with Crippen LogP contribution in [0.25, 0.3) is 0 Å². The molecular weight excluding hydrogens is 503 g/mol. The fraction of sp³-hybridized carbons (Fsp3) is 0.652. The number of methoxy groups -OCH3 is 1. The van der Waals surface area contributed by atoms with Crippen molar-refractivity contribution >= 4 is 45.1 Å². The van der Waals surface area contributed by atoms with E-state index in [1.54, 1.807) is 6.07 Å². The van der Waals surface area contributed by atoms with E-state index in [0.29, 0.717) is 18.8 Å². The summed E-state index contributed by atoms with van der Waals surface area (Å²) in [7, 11) is -2.56. The molecule has 1 saturated heterocycles. The Bertz CT molecular complexity index is 1080. The average Bonchev–Trinajstić information content (AvgIpc) is 2.80. The van der Waals surface area contributed by atoms with Gasteiger partial charge in [-0.3, -0.25) is 9.59 Å². The average molecular weight is 531 g/mol. The van der Waals surface area contributed by atoms with Gasteiger partial charge in [-0.15, -0.1) is 0 Å². The molecule has 1 aromatic rings. The van der Waals surface area contributed by atoms with Gasteiger partial charge in [-0.1, -0.05) is 29.3 Å². The first-order valence-electron chi connectivity index (χ1n) is 11.6. The lowest BCUT2D eigenvalue weighted by atomic mass is 9.48. The normalized spacial score (nSPS) is 35.2. The summed E-state index contributed by atoms with van der Waals surface area (Å²) in [6, 6.07) is 4.47. The van der Waals surface area contributed by atoms with Crippen LogP contribution in [0.1, 0.15) is 32.1 Å². The van der Waals surface area contributed by atoms with Crippen molar-refractivity contribution in [2.24, 2.45) is 23.2 Å². The van der Waals surface area contributed by atoms with Gasteiger partial charge in [0, 0.05) is 19.1 Å². The summed E-state index contributed by atoms with van der Waals surface area (Å²) >= 11 is 12.3. The smallest absolute Gasteiger partial charge is 0.311 e. The summed E-state index contributed by atoms with van der Waals surface area (Å²) < 4.78 is 38.5. The van der Waals surface area contributed by atoms with E-state index in [-0.39, 0.29) is 64.4 Å². The van der Waals surface area contributed by atoms with Gasteiger partial charge in [0.05, 0.1) is 29.2 Å². The highest BCUT2D eigenvalue weighted by Gasteiger charge is 2.59. The first-order valence-corrected chi connectivity index (χ1v) is 13.8. The van der Waals surface area contributed by atoms with Crippen molar-refractivity contribution in [1.29, 1.82) is 0 Å². The van der Waals surface area contributed by atoms with E-state index in [4.69, 9.17) is 32.7 Å². The molecule has 6 rings (SSSR count). The Balaban J connectivity index is 1.29. The lowest BCUT2D eigenvalue weighted by molar-refractivity contribution is -0.172. The van der Waals surface area contributed by atoms with Gasteiger partial charge >= 0.3 is 5.97 Å². The Hall–Kier alpha value is -1.39. The number of halogens is 2. The van der Waals surface area contributed by atoms with Gasteiger partial charge in [-0.2, -0.15) is 4.31 Å². The van der Waals surface area contributed by atoms with Gasteiger partial charge in [-0.05, 0) is 62.0 Å². The number of nitrogens with zero attached hydrogens (tertiary/aromatic N) is 1. The van der Waals surface area contributed by atoms with E-state index in [2.05, 4.69) is 5.32 Å². The van der Waals surface area contributed by atoms with Crippen molar-refractivity contribution in [2.75, 3.05) is 26.8 Å². The second-order valence-corrected chi connectivity index (χ2v) is 12.7. The zero-order valence-corrected chi connectivity index (χ0v) is 21.2. The number of esters is 1. The molecule has 1 N–H and O–H groups in total. The van der Waals surface area contributed by atoms with Crippen LogP contribution >= 0.6 is 23.2 Å². The lowest BCUT2D eigenvalue weighted by Gasteiger charge is -2.58. The van der Waals surface area contributed by atoms with E-state index in [1.807, 2.05) is 0 Å². The van der Waals surface area contributed by atoms with Crippen molar-refractivity contribution in [3.8, 4) is 0 Å². The van der Waals surface area contributed by atoms with Crippen LogP contribution in [-0.2, 0) is 29.1 Å². The zero-order valence-electron chi connectivity index (χ0n) is 18.8. The molecular formula is C23H28Cl2N2O6S. The Kier molecular flexibility index (Phi) is 6.38. The number of benzene rings is 1. The van der Waals surface area contributed by atoms with Crippen molar-refractivity contribution in [3.63, 3.8) is 0 Å². The van der Waals surface area contributed by atoms with Crippen LogP contribution in [0.3, 0.4) is 0 Å².